The molecule has 0 aromatic heterocycles. The first-order chi connectivity index (χ1) is 5.31. The number of rotatable bonds is 2. The molecule has 2 nitrogen and oxygen atoms in total. The lowest BCUT2D eigenvalue weighted by Gasteiger charge is -2.19. The van der Waals surface area contributed by atoms with Gasteiger partial charge in [-0.1, -0.05) is 6.42 Å². The molecule has 70 valence electrons. The average Bonchev–Trinajstić information content (AvgIpc) is 2.62. The Balaban J connectivity index is 0.000000720. The van der Waals surface area contributed by atoms with E-state index in [2.05, 4.69) is 0 Å². The van der Waals surface area contributed by atoms with E-state index in [0.717, 1.165) is 12.3 Å². The van der Waals surface area contributed by atoms with Gasteiger partial charge in [-0.25, -0.2) is 0 Å². The molecule has 2 saturated carbocycles. The van der Waals surface area contributed by atoms with E-state index in [0.29, 0.717) is 17.6 Å². The van der Waals surface area contributed by atoms with E-state index in [9.17, 15) is 4.79 Å². The van der Waals surface area contributed by atoms with Gasteiger partial charge in [0.1, 0.15) is 5.78 Å². The fraction of sp³-hybridized carbons (Fsp3) is 0.889. The minimum atomic E-state index is 0. The van der Waals surface area contributed by atoms with Crippen molar-refractivity contribution >= 4 is 18.2 Å². The molecule has 12 heavy (non-hydrogen) atoms. The number of Topliss-reactive ketones (excluding diaryl/α,β-unsaturated/α-hetero) is 1. The molecule has 0 saturated heterocycles. The van der Waals surface area contributed by atoms with Gasteiger partial charge >= 0.3 is 0 Å². The summed E-state index contributed by atoms with van der Waals surface area (Å²) in [4.78, 5) is 11.3. The van der Waals surface area contributed by atoms with Crippen LogP contribution in [0.3, 0.4) is 0 Å². The van der Waals surface area contributed by atoms with Crippen molar-refractivity contribution in [1.29, 1.82) is 0 Å². The van der Waals surface area contributed by atoms with Crippen LogP contribution in [-0.4, -0.2) is 12.3 Å². The molecule has 2 aliphatic rings. The summed E-state index contributed by atoms with van der Waals surface area (Å²) in [5.74, 6) is 2.22. The van der Waals surface area contributed by atoms with Gasteiger partial charge in [-0.05, 0) is 31.1 Å². The van der Waals surface area contributed by atoms with Crippen LogP contribution in [0.25, 0.3) is 0 Å². The van der Waals surface area contributed by atoms with Crippen molar-refractivity contribution in [1.82, 2.24) is 0 Å². The van der Waals surface area contributed by atoms with Gasteiger partial charge in [0, 0.05) is 5.92 Å². The van der Waals surface area contributed by atoms with Gasteiger partial charge in [-0.15, -0.1) is 12.4 Å². The Kier molecular flexibility index (Phi) is 3.13. The summed E-state index contributed by atoms with van der Waals surface area (Å²) < 4.78 is 0. The molecule has 0 amide bonds. The van der Waals surface area contributed by atoms with Crippen molar-refractivity contribution < 1.29 is 4.79 Å². The minimum Gasteiger partial charge on any atom is -0.324 e. The van der Waals surface area contributed by atoms with Gasteiger partial charge in [-0.3, -0.25) is 4.79 Å². The highest BCUT2D eigenvalue weighted by Crippen LogP contribution is 2.48. The third-order valence-electron chi connectivity index (χ3n) is 3.35. The van der Waals surface area contributed by atoms with Gasteiger partial charge in [-0.2, -0.15) is 0 Å². The summed E-state index contributed by atoms with van der Waals surface area (Å²) in [6, 6.07) is 0. The van der Waals surface area contributed by atoms with E-state index >= 15 is 0 Å². The SMILES string of the molecule is Cl.NCC(=O)C1CC2CCC1C2. The van der Waals surface area contributed by atoms with Crippen LogP contribution in [0.1, 0.15) is 25.7 Å². The second-order valence-electron chi connectivity index (χ2n) is 3.95. The fourth-order valence-corrected chi connectivity index (χ4v) is 2.79. The molecule has 0 heterocycles. The lowest BCUT2D eigenvalue weighted by atomic mass is 9.86. The average molecular weight is 190 g/mol. The van der Waals surface area contributed by atoms with Crippen molar-refractivity contribution in [2.24, 2.45) is 23.5 Å². The summed E-state index contributed by atoms with van der Waals surface area (Å²) in [6.07, 6.45) is 5.08. The number of hydrogen-bond acceptors (Lipinski definition) is 2. The van der Waals surface area contributed by atoms with E-state index in [4.69, 9.17) is 5.73 Å². The molecule has 0 aliphatic heterocycles. The normalized spacial score (nSPS) is 37.9. The lowest BCUT2D eigenvalue weighted by molar-refractivity contribution is -0.122. The molecule has 0 spiro atoms. The quantitative estimate of drug-likeness (QED) is 0.713. The van der Waals surface area contributed by atoms with Crippen molar-refractivity contribution in [3.05, 3.63) is 0 Å². The van der Waals surface area contributed by atoms with E-state index in [1.165, 1.54) is 19.3 Å². The van der Waals surface area contributed by atoms with E-state index < -0.39 is 0 Å². The van der Waals surface area contributed by atoms with E-state index in [1.807, 2.05) is 0 Å². The second kappa shape index (κ2) is 3.75. The molecule has 2 bridgehead atoms. The van der Waals surface area contributed by atoms with Crippen LogP contribution in [0.5, 0.6) is 0 Å². The predicted molar refractivity (Wildman–Crippen MR) is 50.2 cm³/mol. The molecule has 3 unspecified atom stereocenters. The van der Waals surface area contributed by atoms with Gasteiger partial charge in [0.25, 0.3) is 0 Å². The minimum absolute atomic E-state index is 0. The Morgan fingerprint density at radius 2 is 2.08 bits per heavy atom. The van der Waals surface area contributed by atoms with Crippen molar-refractivity contribution in [3.8, 4) is 0 Å². The van der Waals surface area contributed by atoms with Crippen LogP contribution < -0.4 is 5.73 Å². The van der Waals surface area contributed by atoms with Gasteiger partial charge in [0.15, 0.2) is 0 Å². The van der Waals surface area contributed by atoms with Crippen molar-refractivity contribution in [2.45, 2.75) is 25.7 Å². The Morgan fingerprint density at radius 1 is 1.33 bits per heavy atom. The standard InChI is InChI=1S/C9H15NO.ClH/c10-5-9(11)8-4-6-1-2-7(8)3-6;/h6-8H,1-5,10H2;1H. The molecular weight excluding hydrogens is 174 g/mol. The maximum absolute atomic E-state index is 11.3. The Bertz CT molecular complexity index is 183. The second-order valence-corrected chi connectivity index (χ2v) is 3.95. The molecule has 0 aromatic carbocycles. The zero-order valence-electron chi connectivity index (χ0n) is 7.16. The predicted octanol–water partition coefficient (Wildman–Crippen LogP) is 1.37. The zero-order chi connectivity index (χ0) is 7.84. The van der Waals surface area contributed by atoms with Crippen LogP contribution >= 0.6 is 12.4 Å². The van der Waals surface area contributed by atoms with E-state index in [-0.39, 0.29) is 19.0 Å². The molecule has 2 aliphatic carbocycles. The number of carbonyl (C=O) groups is 1. The number of ketones is 1. The van der Waals surface area contributed by atoms with Gasteiger partial charge < -0.3 is 5.73 Å². The summed E-state index contributed by atoms with van der Waals surface area (Å²) >= 11 is 0. The van der Waals surface area contributed by atoms with Crippen LogP contribution in [0.4, 0.5) is 0 Å². The zero-order valence-corrected chi connectivity index (χ0v) is 7.98. The highest BCUT2D eigenvalue weighted by molar-refractivity contribution is 5.85. The number of halogens is 1. The Hall–Kier alpha value is -0.0800. The Labute approximate surface area is 79.3 Å². The molecule has 3 atom stereocenters. The number of hydrogen-bond donors (Lipinski definition) is 1. The number of carbonyl (C=O) groups excluding carboxylic acids is 1. The van der Waals surface area contributed by atoms with Gasteiger partial charge in [0.05, 0.1) is 6.54 Å². The first-order valence-electron chi connectivity index (χ1n) is 4.54. The third kappa shape index (κ3) is 1.50. The van der Waals surface area contributed by atoms with Crippen LogP contribution in [0, 0.1) is 17.8 Å². The Morgan fingerprint density at radius 3 is 2.50 bits per heavy atom. The largest absolute Gasteiger partial charge is 0.324 e. The van der Waals surface area contributed by atoms with Crippen molar-refractivity contribution in [2.75, 3.05) is 6.54 Å². The first kappa shape index (κ1) is 10.0. The summed E-state index contributed by atoms with van der Waals surface area (Å²) in [6.45, 7) is 0.258. The van der Waals surface area contributed by atoms with Crippen molar-refractivity contribution in [3.63, 3.8) is 0 Å². The molecule has 3 heteroatoms. The molecule has 2 rings (SSSR count). The smallest absolute Gasteiger partial charge is 0.149 e. The molecule has 2 N–H and O–H groups in total. The molecular formula is C9H16ClNO. The molecule has 0 radical (unpaired) electrons. The summed E-state index contributed by atoms with van der Waals surface area (Å²) in [5.41, 5.74) is 5.33. The van der Waals surface area contributed by atoms with Crippen LogP contribution in [0.2, 0.25) is 0 Å². The highest BCUT2D eigenvalue weighted by Gasteiger charge is 2.42. The molecule has 0 aromatic rings. The summed E-state index contributed by atoms with van der Waals surface area (Å²) in [5, 5.41) is 0. The van der Waals surface area contributed by atoms with Crippen LogP contribution in [-0.2, 0) is 4.79 Å². The topological polar surface area (TPSA) is 43.1 Å². The first-order valence-corrected chi connectivity index (χ1v) is 4.54. The maximum atomic E-state index is 11.3. The molecule has 2 fully saturated rings. The van der Waals surface area contributed by atoms with Crippen LogP contribution in [0.15, 0.2) is 0 Å². The third-order valence-corrected chi connectivity index (χ3v) is 3.35. The van der Waals surface area contributed by atoms with Gasteiger partial charge in [0.2, 0.25) is 0 Å². The summed E-state index contributed by atoms with van der Waals surface area (Å²) in [7, 11) is 0. The number of fused-ring (bicyclic) bond motifs is 2. The lowest BCUT2D eigenvalue weighted by Crippen LogP contribution is -2.27. The fourth-order valence-electron chi connectivity index (χ4n) is 2.79. The highest BCUT2D eigenvalue weighted by atomic mass is 35.5. The maximum Gasteiger partial charge on any atom is 0.149 e. The van der Waals surface area contributed by atoms with E-state index in [1.54, 1.807) is 0 Å². The monoisotopic (exact) mass is 189 g/mol. The number of nitrogens with two attached hydrogens (primary N) is 1.